The van der Waals surface area contributed by atoms with Crippen molar-refractivity contribution in [3.63, 3.8) is 0 Å². The number of carboxylic acid groups (broad SMARTS) is 1. The second-order valence-electron chi connectivity index (χ2n) is 8.54. The third-order valence-electron chi connectivity index (χ3n) is 6.52. The van der Waals surface area contributed by atoms with Crippen LogP contribution in [-0.4, -0.2) is 56.6 Å². The first-order valence-electron chi connectivity index (χ1n) is 11.1. The van der Waals surface area contributed by atoms with E-state index in [2.05, 4.69) is 27.4 Å². The summed E-state index contributed by atoms with van der Waals surface area (Å²) in [4.78, 5) is 45.6. The molecule has 9 heteroatoms. The Bertz CT molecular complexity index is 1220. The Kier molecular flexibility index (Phi) is 5.53. The number of carbonyl (C=O) groups excluding carboxylic acids is 2. The number of hydrogen-bond acceptors (Lipinski definition) is 5. The highest BCUT2D eigenvalue weighted by atomic mass is 16.5. The fourth-order valence-corrected chi connectivity index (χ4v) is 4.82. The van der Waals surface area contributed by atoms with Crippen molar-refractivity contribution in [3.05, 3.63) is 77.4 Å². The minimum absolute atomic E-state index is 0.0852. The Morgan fingerprint density at radius 2 is 1.79 bits per heavy atom. The predicted molar refractivity (Wildman–Crippen MR) is 122 cm³/mol. The van der Waals surface area contributed by atoms with E-state index < -0.39 is 30.1 Å². The third-order valence-corrected chi connectivity index (χ3v) is 6.52. The summed E-state index contributed by atoms with van der Waals surface area (Å²) in [7, 11) is 0. The van der Waals surface area contributed by atoms with E-state index in [1.165, 1.54) is 18.2 Å². The van der Waals surface area contributed by atoms with E-state index in [4.69, 9.17) is 4.74 Å². The number of aromatic nitrogens is 2. The number of aromatic amines is 1. The van der Waals surface area contributed by atoms with Gasteiger partial charge < -0.3 is 25.0 Å². The van der Waals surface area contributed by atoms with Crippen LogP contribution in [-0.2, 0) is 27.3 Å². The van der Waals surface area contributed by atoms with E-state index in [1.54, 1.807) is 0 Å². The molecule has 0 bridgehead atoms. The molecule has 1 aromatic heterocycles. The van der Waals surface area contributed by atoms with Crippen LogP contribution in [0.3, 0.4) is 0 Å². The zero-order valence-electron chi connectivity index (χ0n) is 18.5. The quantitative estimate of drug-likeness (QED) is 0.538. The largest absolute Gasteiger partial charge is 0.480 e. The molecule has 1 aliphatic carbocycles. The molecule has 1 unspecified atom stereocenters. The Morgan fingerprint density at radius 3 is 2.44 bits per heavy atom. The van der Waals surface area contributed by atoms with Crippen LogP contribution in [0.25, 0.3) is 11.1 Å². The molecular weight excluding hydrogens is 436 g/mol. The standard InChI is InChI=1S/C25H24N4O5/c1-14(23(30)29-11-21-20(26-13-27-21)10-22(29)24(31)32)28-25(33)34-12-19-17-8-4-2-6-15(17)16-7-3-5-9-18(16)19/h2-9,13-14,19,22H,10-12H2,1H3,(H,26,27)(H,28,33)(H,31,32)/t14-,22?/m1/s1. The topological polar surface area (TPSA) is 125 Å². The molecule has 174 valence electrons. The number of hydrogen-bond donors (Lipinski definition) is 3. The van der Waals surface area contributed by atoms with Gasteiger partial charge in [-0.1, -0.05) is 48.5 Å². The minimum atomic E-state index is -1.12. The first-order valence-corrected chi connectivity index (χ1v) is 11.1. The molecule has 3 N–H and O–H groups in total. The Labute approximate surface area is 195 Å². The highest BCUT2D eigenvalue weighted by molar-refractivity contribution is 5.89. The molecule has 9 nitrogen and oxygen atoms in total. The molecule has 34 heavy (non-hydrogen) atoms. The van der Waals surface area contributed by atoms with E-state index in [-0.39, 0.29) is 25.5 Å². The summed E-state index contributed by atoms with van der Waals surface area (Å²) < 4.78 is 5.51. The van der Waals surface area contributed by atoms with Gasteiger partial charge in [-0.2, -0.15) is 0 Å². The zero-order chi connectivity index (χ0) is 23.8. The average molecular weight is 460 g/mol. The van der Waals surface area contributed by atoms with Crippen molar-refractivity contribution in [1.29, 1.82) is 0 Å². The van der Waals surface area contributed by atoms with Gasteiger partial charge in [0.05, 0.1) is 24.3 Å². The van der Waals surface area contributed by atoms with Gasteiger partial charge in [0.25, 0.3) is 0 Å². The first kappa shape index (κ1) is 21.7. The smallest absolute Gasteiger partial charge is 0.407 e. The number of nitrogens with zero attached hydrogens (tertiary/aromatic N) is 2. The van der Waals surface area contributed by atoms with Crippen molar-refractivity contribution in [2.24, 2.45) is 0 Å². The van der Waals surface area contributed by atoms with E-state index >= 15 is 0 Å². The van der Waals surface area contributed by atoms with Gasteiger partial charge >= 0.3 is 12.1 Å². The number of fused-ring (bicyclic) bond motifs is 4. The van der Waals surface area contributed by atoms with Crippen molar-refractivity contribution < 1.29 is 24.2 Å². The van der Waals surface area contributed by atoms with Crippen molar-refractivity contribution in [1.82, 2.24) is 20.2 Å². The highest BCUT2D eigenvalue weighted by Gasteiger charge is 2.38. The van der Waals surface area contributed by atoms with Gasteiger partial charge in [-0.15, -0.1) is 0 Å². The van der Waals surface area contributed by atoms with Crippen LogP contribution in [0.5, 0.6) is 0 Å². The molecule has 0 saturated carbocycles. The fraction of sp³-hybridized carbons (Fsp3) is 0.280. The zero-order valence-corrected chi connectivity index (χ0v) is 18.5. The minimum Gasteiger partial charge on any atom is -0.480 e. The summed E-state index contributed by atoms with van der Waals surface area (Å²) in [6, 6.07) is 14.0. The molecule has 2 atom stereocenters. The second-order valence-corrected chi connectivity index (χ2v) is 8.54. The Morgan fingerprint density at radius 1 is 1.15 bits per heavy atom. The van der Waals surface area contributed by atoms with Crippen LogP contribution in [0.1, 0.15) is 35.4 Å². The fourth-order valence-electron chi connectivity index (χ4n) is 4.82. The summed E-state index contributed by atoms with van der Waals surface area (Å²) in [6.07, 6.45) is 0.863. The Hall–Kier alpha value is -4.14. The molecule has 3 aromatic rings. The molecule has 0 spiro atoms. The van der Waals surface area contributed by atoms with Gasteiger partial charge in [0.1, 0.15) is 18.7 Å². The molecule has 0 saturated heterocycles. The lowest BCUT2D eigenvalue weighted by molar-refractivity contribution is -0.152. The number of nitrogens with one attached hydrogen (secondary N) is 2. The highest BCUT2D eigenvalue weighted by Crippen LogP contribution is 2.44. The summed E-state index contributed by atoms with van der Waals surface area (Å²) >= 11 is 0. The SMILES string of the molecule is C[C@@H](NC(=O)OCC1c2ccccc2-c2ccccc21)C(=O)N1Cc2[nH]cnc2CC1C(=O)O. The number of carbonyl (C=O) groups is 3. The third kappa shape index (κ3) is 3.79. The van der Waals surface area contributed by atoms with Gasteiger partial charge in [0, 0.05) is 12.3 Å². The van der Waals surface area contributed by atoms with Crippen molar-refractivity contribution in [2.45, 2.75) is 37.9 Å². The van der Waals surface area contributed by atoms with Crippen LogP contribution in [0.2, 0.25) is 0 Å². The predicted octanol–water partition coefficient (Wildman–Crippen LogP) is 2.67. The van der Waals surface area contributed by atoms with Crippen LogP contribution in [0.4, 0.5) is 4.79 Å². The molecule has 2 aromatic carbocycles. The maximum Gasteiger partial charge on any atom is 0.407 e. The molecule has 5 rings (SSSR count). The summed E-state index contributed by atoms with van der Waals surface area (Å²) in [5, 5.41) is 12.2. The number of H-pyrrole nitrogens is 1. The van der Waals surface area contributed by atoms with Gasteiger partial charge in [-0.05, 0) is 29.2 Å². The van der Waals surface area contributed by atoms with Gasteiger partial charge in [0.2, 0.25) is 5.91 Å². The van der Waals surface area contributed by atoms with Crippen molar-refractivity contribution >= 4 is 18.0 Å². The number of benzene rings is 2. The van der Waals surface area contributed by atoms with Crippen molar-refractivity contribution in [3.8, 4) is 11.1 Å². The molecule has 2 amide bonds. The van der Waals surface area contributed by atoms with E-state index in [1.807, 2.05) is 36.4 Å². The second kappa shape index (κ2) is 8.66. The molecular formula is C25H24N4O5. The normalized spacial score (nSPS) is 17.3. The molecule has 2 heterocycles. The van der Waals surface area contributed by atoms with Crippen LogP contribution in [0.15, 0.2) is 54.9 Å². The van der Waals surface area contributed by atoms with E-state index in [9.17, 15) is 19.5 Å². The van der Waals surface area contributed by atoms with E-state index in [0.29, 0.717) is 11.4 Å². The summed E-state index contributed by atoms with van der Waals surface area (Å²) in [5.41, 5.74) is 5.76. The molecule has 0 radical (unpaired) electrons. The first-order chi connectivity index (χ1) is 16.4. The van der Waals surface area contributed by atoms with Crippen LogP contribution in [0, 0.1) is 0 Å². The number of rotatable bonds is 5. The van der Waals surface area contributed by atoms with Gasteiger partial charge in [0.15, 0.2) is 0 Å². The number of imidazole rings is 1. The lowest BCUT2D eigenvalue weighted by Gasteiger charge is -2.34. The number of carboxylic acids is 1. The monoisotopic (exact) mass is 460 g/mol. The van der Waals surface area contributed by atoms with Crippen LogP contribution >= 0.6 is 0 Å². The average Bonchev–Trinajstić information content (AvgIpc) is 3.43. The maximum atomic E-state index is 13.0. The lowest BCUT2D eigenvalue weighted by Crippen LogP contribution is -2.55. The summed E-state index contributed by atoms with van der Waals surface area (Å²) in [5.74, 6) is -1.71. The molecule has 2 aliphatic rings. The van der Waals surface area contributed by atoms with Gasteiger partial charge in [-0.25, -0.2) is 14.6 Å². The molecule has 0 fully saturated rings. The lowest BCUT2D eigenvalue weighted by atomic mass is 9.98. The maximum absolute atomic E-state index is 13.0. The van der Waals surface area contributed by atoms with Crippen LogP contribution < -0.4 is 5.32 Å². The Balaban J connectivity index is 1.24. The van der Waals surface area contributed by atoms with Crippen molar-refractivity contribution in [2.75, 3.05) is 6.61 Å². The number of aliphatic carboxylic acids is 1. The molecule has 1 aliphatic heterocycles. The summed E-state index contributed by atoms with van der Waals surface area (Å²) in [6.45, 7) is 1.73. The number of ether oxygens (including phenoxy) is 1. The number of amides is 2. The number of alkyl carbamates (subject to hydrolysis) is 1. The van der Waals surface area contributed by atoms with E-state index in [0.717, 1.165) is 22.3 Å². The van der Waals surface area contributed by atoms with Gasteiger partial charge in [-0.3, -0.25) is 4.79 Å².